The molecule has 0 bridgehead atoms. The lowest BCUT2D eigenvalue weighted by atomic mass is 10.1. The van der Waals surface area contributed by atoms with Crippen LogP contribution in [0.2, 0.25) is 5.02 Å². The number of aryl methyl sites for hydroxylation is 2. The van der Waals surface area contributed by atoms with Crippen molar-refractivity contribution in [1.82, 2.24) is 9.55 Å². The number of halogens is 1. The summed E-state index contributed by atoms with van der Waals surface area (Å²) >= 11 is 7.41. The van der Waals surface area contributed by atoms with Gasteiger partial charge < -0.3 is 14.2 Å². The molecule has 162 valence electrons. The second kappa shape index (κ2) is 8.26. The number of hydrogen-bond acceptors (Lipinski definition) is 7. The largest absolute Gasteiger partial charge is 0.467 e. The number of hydrogen-bond donors (Lipinski definition) is 0. The minimum atomic E-state index is -0.485. The van der Waals surface area contributed by atoms with Crippen molar-refractivity contribution in [3.05, 3.63) is 54.9 Å². The zero-order valence-electron chi connectivity index (χ0n) is 17.0. The quantitative estimate of drug-likeness (QED) is 0.540. The predicted molar refractivity (Wildman–Crippen MR) is 117 cm³/mol. The topological polar surface area (TPSA) is 79.7 Å². The van der Waals surface area contributed by atoms with Gasteiger partial charge in [0.2, 0.25) is 0 Å². The summed E-state index contributed by atoms with van der Waals surface area (Å²) in [5.74, 6) is 0.960. The van der Waals surface area contributed by atoms with Crippen molar-refractivity contribution in [1.29, 1.82) is 0 Å². The van der Waals surface area contributed by atoms with E-state index in [2.05, 4.69) is 0 Å². The smallest absolute Gasteiger partial charge is 0.349 e. The summed E-state index contributed by atoms with van der Waals surface area (Å²) in [6, 6.07) is 3.50. The van der Waals surface area contributed by atoms with Crippen molar-refractivity contribution in [2.75, 3.05) is 6.79 Å². The maximum Gasteiger partial charge on any atom is 0.349 e. The molecule has 3 aromatic rings. The maximum atomic E-state index is 13.1. The van der Waals surface area contributed by atoms with Crippen molar-refractivity contribution in [3.8, 4) is 5.75 Å². The molecule has 5 rings (SSSR count). The van der Waals surface area contributed by atoms with Crippen LogP contribution in [0.5, 0.6) is 5.75 Å². The Morgan fingerprint density at radius 1 is 1.32 bits per heavy atom. The molecule has 31 heavy (non-hydrogen) atoms. The Kier molecular flexibility index (Phi) is 5.45. The molecule has 0 N–H and O–H groups in total. The zero-order valence-corrected chi connectivity index (χ0v) is 18.6. The zero-order chi connectivity index (χ0) is 21.5. The molecule has 0 spiro atoms. The normalized spacial score (nSPS) is 15.7. The highest BCUT2D eigenvalue weighted by molar-refractivity contribution is 7.20. The number of carbonyl (C=O) groups is 1. The number of carbonyl (C=O) groups excluding carboxylic acids is 1. The first kappa shape index (κ1) is 20.5. The Hall–Kier alpha value is -2.42. The van der Waals surface area contributed by atoms with Crippen LogP contribution in [0, 0.1) is 6.92 Å². The van der Waals surface area contributed by atoms with Gasteiger partial charge in [0.05, 0.1) is 12.0 Å². The van der Waals surface area contributed by atoms with Crippen molar-refractivity contribution < 1.29 is 19.0 Å². The van der Waals surface area contributed by atoms with Crippen LogP contribution in [0.1, 0.15) is 51.4 Å². The summed E-state index contributed by atoms with van der Waals surface area (Å²) in [7, 11) is 0. The van der Waals surface area contributed by atoms with E-state index in [0.717, 1.165) is 37.1 Å². The Morgan fingerprint density at radius 3 is 3.06 bits per heavy atom. The Labute approximate surface area is 187 Å². The number of thiophene rings is 1. The molecular weight excluding hydrogens is 440 g/mol. The minimum absolute atomic E-state index is 0.0122. The average Bonchev–Trinajstić information content (AvgIpc) is 2.93. The standard InChI is InChI=1S/C22H21ClN2O5S/c1-12-17-20(24-16-5-3-2-4-6-25(16)21(17)26)31-19(12)22(27)29-10-14-8-15(23)7-13-9-28-11-30-18(13)14/h7-8H,2-6,9-11H2,1H3. The molecule has 0 saturated carbocycles. The van der Waals surface area contributed by atoms with Crippen LogP contribution in [0.3, 0.4) is 0 Å². The summed E-state index contributed by atoms with van der Waals surface area (Å²) in [6.07, 6.45) is 3.87. The van der Waals surface area contributed by atoms with Gasteiger partial charge in [0.1, 0.15) is 27.9 Å². The fourth-order valence-corrected chi connectivity index (χ4v) is 5.52. The van der Waals surface area contributed by atoms with Gasteiger partial charge in [-0.05, 0) is 37.5 Å². The summed E-state index contributed by atoms with van der Waals surface area (Å²) < 4.78 is 18.2. The van der Waals surface area contributed by atoms with E-state index in [-0.39, 0.29) is 19.0 Å². The summed E-state index contributed by atoms with van der Waals surface area (Å²) in [5.41, 5.74) is 2.07. The third-order valence-electron chi connectivity index (χ3n) is 5.71. The molecule has 0 unspecified atom stereocenters. The lowest BCUT2D eigenvalue weighted by Crippen LogP contribution is -2.24. The first-order valence-corrected chi connectivity index (χ1v) is 11.4. The second-order valence-electron chi connectivity index (χ2n) is 7.77. The predicted octanol–water partition coefficient (Wildman–Crippen LogP) is 4.37. The molecule has 9 heteroatoms. The number of ether oxygens (including phenoxy) is 3. The van der Waals surface area contributed by atoms with Crippen LogP contribution in [0.15, 0.2) is 16.9 Å². The number of nitrogens with zero attached hydrogens (tertiary/aromatic N) is 2. The van der Waals surface area contributed by atoms with Crippen LogP contribution in [0.25, 0.3) is 10.2 Å². The van der Waals surface area contributed by atoms with Gasteiger partial charge in [-0.15, -0.1) is 11.3 Å². The molecule has 0 atom stereocenters. The van der Waals surface area contributed by atoms with Gasteiger partial charge in [-0.3, -0.25) is 9.36 Å². The molecule has 7 nitrogen and oxygen atoms in total. The van der Waals surface area contributed by atoms with Gasteiger partial charge in [0.25, 0.3) is 5.56 Å². The van der Waals surface area contributed by atoms with E-state index in [4.69, 9.17) is 30.8 Å². The first-order valence-electron chi connectivity index (χ1n) is 10.2. The summed E-state index contributed by atoms with van der Waals surface area (Å²) in [4.78, 5) is 31.7. The fourth-order valence-electron chi connectivity index (χ4n) is 4.18. The number of fused-ring (bicyclic) bond motifs is 3. The third kappa shape index (κ3) is 3.73. The third-order valence-corrected chi connectivity index (χ3v) is 7.09. The highest BCUT2D eigenvalue weighted by Gasteiger charge is 2.24. The molecule has 0 saturated heterocycles. The van der Waals surface area contributed by atoms with Crippen molar-refractivity contribution >= 4 is 39.1 Å². The Morgan fingerprint density at radius 2 is 2.19 bits per heavy atom. The SMILES string of the molecule is Cc1c(C(=O)OCc2cc(Cl)cc3c2OCOC3)sc2nc3n(c(=O)c12)CCCCC3. The number of benzene rings is 1. The molecule has 1 aromatic carbocycles. The van der Waals surface area contributed by atoms with Gasteiger partial charge in [-0.1, -0.05) is 18.0 Å². The fraction of sp³-hybridized carbons (Fsp3) is 0.409. The van der Waals surface area contributed by atoms with Crippen LogP contribution in [-0.2, 0) is 35.7 Å². The number of esters is 1. The molecule has 2 aliphatic rings. The van der Waals surface area contributed by atoms with Gasteiger partial charge in [-0.25, -0.2) is 9.78 Å². The lowest BCUT2D eigenvalue weighted by molar-refractivity contribution is -0.0180. The van der Waals surface area contributed by atoms with E-state index in [1.54, 1.807) is 23.6 Å². The van der Waals surface area contributed by atoms with E-state index in [1.165, 1.54) is 11.3 Å². The van der Waals surface area contributed by atoms with Crippen LogP contribution < -0.4 is 10.3 Å². The molecule has 0 aliphatic carbocycles. The van der Waals surface area contributed by atoms with Crippen LogP contribution >= 0.6 is 22.9 Å². The van der Waals surface area contributed by atoms with Gasteiger partial charge in [0, 0.05) is 29.1 Å². The minimum Gasteiger partial charge on any atom is -0.467 e. The van der Waals surface area contributed by atoms with Crippen LogP contribution in [-0.4, -0.2) is 22.3 Å². The summed E-state index contributed by atoms with van der Waals surface area (Å²) in [5, 5.41) is 1.04. The monoisotopic (exact) mass is 460 g/mol. The van der Waals surface area contributed by atoms with Crippen molar-refractivity contribution in [2.45, 2.75) is 52.4 Å². The number of rotatable bonds is 3. The molecule has 4 heterocycles. The summed E-state index contributed by atoms with van der Waals surface area (Å²) in [6.45, 7) is 3.01. The van der Waals surface area contributed by atoms with E-state index in [0.29, 0.717) is 50.1 Å². The van der Waals surface area contributed by atoms with E-state index in [1.807, 2.05) is 0 Å². The van der Waals surface area contributed by atoms with Gasteiger partial charge in [-0.2, -0.15) is 0 Å². The highest BCUT2D eigenvalue weighted by Crippen LogP contribution is 2.33. The lowest BCUT2D eigenvalue weighted by Gasteiger charge is -2.21. The molecule has 2 aliphatic heterocycles. The molecule has 2 aromatic heterocycles. The van der Waals surface area contributed by atoms with E-state index < -0.39 is 5.97 Å². The number of aromatic nitrogens is 2. The van der Waals surface area contributed by atoms with Crippen LogP contribution in [0.4, 0.5) is 0 Å². The van der Waals surface area contributed by atoms with Crippen molar-refractivity contribution in [3.63, 3.8) is 0 Å². The first-order chi connectivity index (χ1) is 15.0. The average molecular weight is 461 g/mol. The maximum absolute atomic E-state index is 13.1. The second-order valence-corrected chi connectivity index (χ2v) is 9.21. The molecule has 0 fully saturated rings. The Bertz CT molecular complexity index is 1250. The molecule has 0 radical (unpaired) electrons. The Balaban J connectivity index is 1.45. The van der Waals surface area contributed by atoms with Gasteiger partial charge in [0.15, 0.2) is 6.79 Å². The van der Waals surface area contributed by atoms with Crippen molar-refractivity contribution in [2.24, 2.45) is 0 Å². The van der Waals surface area contributed by atoms with E-state index in [9.17, 15) is 9.59 Å². The van der Waals surface area contributed by atoms with E-state index >= 15 is 0 Å². The van der Waals surface area contributed by atoms with Gasteiger partial charge >= 0.3 is 5.97 Å². The highest BCUT2D eigenvalue weighted by atomic mass is 35.5. The molecule has 0 amide bonds. The molecular formula is C22H21ClN2O5S.